The second kappa shape index (κ2) is 4.28. The van der Waals surface area contributed by atoms with Crippen LogP contribution in [0.3, 0.4) is 0 Å². The summed E-state index contributed by atoms with van der Waals surface area (Å²) in [4.78, 5) is 0. The average molecular weight is 214 g/mol. The minimum atomic E-state index is -1.07. The maximum Gasteiger partial charge on any atom is 0.109 e. The molecule has 0 aliphatic carbocycles. The van der Waals surface area contributed by atoms with Gasteiger partial charge in [0.25, 0.3) is 0 Å². The van der Waals surface area contributed by atoms with Gasteiger partial charge < -0.3 is 20.1 Å². The number of nitrogens with zero attached hydrogens (tertiary/aromatic N) is 1. The molecule has 84 valence electrons. The van der Waals surface area contributed by atoms with Gasteiger partial charge >= 0.3 is 0 Å². The van der Waals surface area contributed by atoms with Gasteiger partial charge in [-0.15, -0.1) is 0 Å². The summed E-state index contributed by atoms with van der Waals surface area (Å²) in [6.07, 6.45) is 0.534. The van der Waals surface area contributed by atoms with E-state index in [1.54, 1.807) is 12.4 Å². The van der Waals surface area contributed by atoms with Crippen LogP contribution in [0, 0.1) is 0 Å². The third-order valence-electron chi connectivity index (χ3n) is 2.76. The molecule has 6 nitrogen and oxygen atoms in total. The summed E-state index contributed by atoms with van der Waals surface area (Å²) in [6, 6.07) is 0. The SMILES string of the molecule is OC[C@H]1OC[C@H](c2cn[nH]c2)[C@@H](O)[C@H]1O. The first kappa shape index (κ1) is 10.6. The molecule has 1 aromatic rings. The minimum Gasteiger partial charge on any atom is -0.394 e. The molecule has 1 fully saturated rings. The van der Waals surface area contributed by atoms with E-state index in [1.807, 2.05) is 0 Å². The van der Waals surface area contributed by atoms with E-state index in [1.165, 1.54) is 0 Å². The number of nitrogens with one attached hydrogen (secondary N) is 1. The molecule has 1 aliphatic heterocycles. The van der Waals surface area contributed by atoms with Crippen molar-refractivity contribution in [1.82, 2.24) is 10.2 Å². The van der Waals surface area contributed by atoms with Crippen LogP contribution in [0.2, 0.25) is 0 Å². The van der Waals surface area contributed by atoms with Crippen molar-refractivity contribution in [2.45, 2.75) is 24.2 Å². The Hall–Kier alpha value is -0.950. The van der Waals surface area contributed by atoms with E-state index in [9.17, 15) is 10.2 Å². The van der Waals surface area contributed by atoms with Crippen molar-refractivity contribution in [1.29, 1.82) is 0 Å². The number of hydrogen-bond donors (Lipinski definition) is 4. The van der Waals surface area contributed by atoms with E-state index in [-0.39, 0.29) is 19.1 Å². The molecule has 0 radical (unpaired) electrons. The Morgan fingerprint density at radius 1 is 1.47 bits per heavy atom. The van der Waals surface area contributed by atoms with Crippen molar-refractivity contribution in [3.63, 3.8) is 0 Å². The Kier molecular flexibility index (Phi) is 3.01. The third-order valence-corrected chi connectivity index (χ3v) is 2.76. The number of ether oxygens (including phenoxy) is 1. The quantitative estimate of drug-likeness (QED) is 0.485. The van der Waals surface area contributed by atoms with Crippen molar-refractivity contribution in [3.8, 4) is 0 Å². The lowest BCUT2D eigenvalue weighted by Gasteiger charge is -2.36. The molecule has 0 amide bonds. The van der Waals surface area contributed by atoms with E-state index in [4.69, 9.17) is 9.84 Å². The lowest BCUT2D eigenvalue weighted by atomic mass is 9.88. The molecule has 6 heteroatoms. The van der Waals surface area contributed by atoms with E-state index in [0.717, 1.165) is 5.56 Å². The number of rotatable bonds is 2. The second-order valence-electron chi connectivity index (χ2n) is 3.67. The van der Waals surface area contributed by atoms with Gasteiger partial charge in [-0.2, -0.15) is 5.10 Å². The minimum absolute atomic E-state index is 0.267. The van der Waals surface area contributed by atoms with Gasteiger partial charge in [-0.3, -0.25) is 5.10 Å². The molecule has 2 rings (SSSR count). The second-order valence-corrected chi connectivity index (χ2v) is 3.67. The Morgan fingerprint density at radius 2 is 2.27 bits per heavy atom. The molecule has 2 heterocycles. The van der Waals surface area contributed by atoms with Gasteiger partial charge in [-0.1, -0.05) is 0 Å². The molecule has 1 aliphatic rings. The summed E-state index contributed by atoms with van der Waals surface area (Å²) in [5.41, 5.74) is 0.790. The molecule has 4 N–H and O–H groups in total. The molecule has 0 saturated carbocycles. The topological polar surface area (TPSA) is 98.6 Å². The van der Waals surface area contributed by atoms with Gasteiger partial charge in [-0.05, 0) is 5.56 Å². The summed E-state index contributed by atoms with van der Waals surface area (Å²) in [5, 5.41) is 34.8. The highest BCUT2D eigenvalue weighted by molar-refractivity contribution is 5.15. The number of H-pyrrole nitrogens is 1. The van der Waals surface area contributed by atoms with Crippen LogP contribution in [0.5, 0.6) is 0 Å². The summed E-state index contributed by atoms with van der Waals surface area (Å²) in [6.45, 7) is -0.0285. The van der Waals surface area contributed by atoms with Crippen LogP contribution < -0.4 is 0 Å². The van der Waals surface area contributed by atoms with Crippen LogP contribution in [0.15, 0.2) is 12.4 Å². The molecule has 0 aromatic carbocycles. The van der Waals surface area contributed by atoms with Crippen molar-refractivity contribution < 1.29 is 20.1 Å². The molecular weight excluding hydrogens is 200 g/mol. The van der Waals surface area contributed by atoms with Crippen LogP contribution >= 0.6 is 0 Å². The highest BCUT2D eigenvalue weighted by atomic mass is 16.5. The van der Waals surface area contributed by atoms with Crippen molar-refractivity contribution in [2.75, 3.05) is 13.2 Å². The number of aromatic nitrogens is 2. The van der Waals surface area contributed by atoms with Gasteiger partial charge in [0.05, 0.1) is 25.5 Å². The maximum atomic E-state index is 9.83. The number of aromatic amines is 1. The first-order chi connectivity index (χ1) is 7.24. The normalized spacial score (nSPS) is 36.7. The Bertz CT molecular complexity index is 303. The van der Waals surface area contributed by atoms with Gasteiger partial charge in [0.1, 0.15) is 12.2 Å². The first-order valence-corrected chi connectivity index (χ1v) is 4.81. The van der Waals surface area contributed by atoms with Gasteiger partial charge in [-0.25, -0.2) is 0 Å². The molecule has 15 heavy (non-hydrogen) atoms. The predicted octanol–water partition coefficient (Wildman–Crippen LogP) is -1.39. The van der Waals surface area contributed by atoms with Crippen LogP contribution in [0.25, 0.3) is 0 Å². The fourth-order valence-corrected chi connectivity index (χ4v) is 1.80. The monoisotopic (exact) mass is 214 g/mol. The predicted molar refractivity (Wildman–Crippen MR) is 50.2 cm³/mol. The Morgan fingerprint density at radius 3 is 2.87 bits per heavy atom. The van der Waals surface area contributed by atoms with Crippen LogP contribution in [0.4, 0.5) is 0 Å². The fraction of sp³-hybridized carbons (Fsp3) is 0.667. The van der Waals surface area contributed by atoms with Crippen LogP contribution in [0.1, 0.15) is 11.5 Å². The van der Waals surface area contributed by atoms with E-state index in [0.29, 0.717) is 0 Å². The first-order valence-electron chi connectivity index (χ1n) is 4.81. The molecule has 0 unspecified atom stereocenters. The Labute approximate surface area is 86.5 Å². The molecular formula is C9H14N2O4. The zero-order valence-corrected chi connectivity index (χ0v) is 8.08. The fourth-order valence-electron chi connectivity index (χ4n) is 1.80. The molecule has 4 atom stereocenters. The summed E-state index contributed by atoms with van der Waals surface area (Å²) >= 11 is 0. The number of aliphatic hydroxyl groups is 3. The standard InChI is InChI=1S/C9H14N2O4/c12-3-7-9(14)8(13)6(4-15-7)5-1-10-11-2-5/h1-2,6-9,12-14H,3-4H2,(H,10,11)/t6-,7-,8-,9+/m1/s1. The summed E-state index contributed by atoms with van der Waals surface area (Å²) in [5.74, 6) is -0.304. The van der Waals surface area contributed by atoms with Gasteiger partial charge in [0.15, 0.2) is 0 Å². The molecule has 1 aromatic heterocycles. The number of hydrogen-bond acceptors (Lipinski definition) is 5. The zero-order valence-electron chi connectivity index (χ0n) is 8.08. The zero-order chi connectivity index (χ0) is 10.8. The van der Waals surface area contributed by atoms with Crippen molar-refractivity contribution >= 4 is 0 Å². The number of aliphatic hydroxyl groups excluding tert-OH is 3. The van der Waals surface area contributed by atoms with Crippen molar-refractivity contribution in [2.24, 2.45) is 0 Å². The van der Waals surface area contributed by atoms with Gasteiger partial charge in [0.2, 0.25) is 0 Å². The molecule has 0 bridgehead atoms. The summed E-state index contributed by atoms with van der Waals surface area (Å²) < 4.78 is 5.24. The average Bonchev–Trinajstić information content (AvgIpc) is 2.75. The lowest BCUT2D eigenvalue weighted by Crippen LogP contribution is -2.50. The lowest BCUT2D eigenvalue weighted by molar-refractivity contribution is -0.158. The van der Waals surface area contributed by atoms with Crippen molar-refractivity contribution in [3.05, 3.63) is 18.0 Å². The van der Waals surface area contributed by atoms with Crippen LogP contribution in [-0.4, -0.2) is 57.0 Å². The van der Waals surface area contributed by atoms with E-state index >= 15 is 0 Å². The smallest absolute Gasteiger partial charge is 0.109 e. The largest absolute Gasteiger partial charge is 0.394 e. The maximum absolute atomic E-state index is 9.83. The molecule has 1 saturated heterocycles. The third kappa shape index (κ3) is 1.89. The van der Waals surface area contributed by atoms with E-state index in [2.05, 4.69) is 10.2 Å². The Balaban J connectivity index is 2.11. The van der Waals surface area contributed by atoms with Gasteiger partial charge in [0, 0.05) is 12.1 Å². The summed E-state index contributed by atoms with van der Waals surface area (Å²) in [7, 11) is 0. The van der Waals surface area contributed by atoms with E-state index < -0.39 is 18.3 Å². The molecule has 0 spiro atoms. The van der Waals surface area contributed by atoms with Crippen LogP contribution in [-0.2, 0) is 4.74 Å². The highest BCUT2D eigenvalue weighted by Gasteiger charge is 2.38. The highest BCUT2D eigenvalue weighted by Crippen LogP contribution is 2.28.